The summed E-state index contributed by atoms with van der Waals surface area (Å²) < 4.78 is 5.78. The molecule has 2 rings (SSSR count). The van der Waals surface area contributed by atoms with Crippen molar-refractivity contribution in [2.75, 3.05) is 32.0 Å². The van der Waals surface area contributed by atoms with Gasteiger partial charge in [0, 0.05) is 25.4 Å². The molecule has 0 unspecified atom stereocenters. The number of likely N-dealkylation sites (tertiary alicyclic amines) is 1. The predicted molar refractivity (Wildman–Crippen MR) is 96.6 cm³/mol. The van der Waals surface area contributed by atoms with Crippen molar-refractivity contribution in [3.63, 3.8) is 0 Å². The predicted octanol–water partition coefficient (Wildman–Crippen LogP) is 2.58. The SMILES string of the molecule is Cc1cccc(CSCC(=O)N2CCC(OCCCN)CC2)c1. The maximum absolute atomic E-state index is 12.3. The van der Waals surface area contributed by atoms with Gasteiger partial charge in [0.15, 0.2) is 0 Å². The summed E-state index contributed by atoms with van der Waals surface area (Å²) in [5.41, 5.74) is 8.02. The zero-order valence-corrected chi connectivity index (χ0v) is 14.8. The molecule has 1 heterocycles. The highest BCUT2D eigenvalue weighted by molar-refractivity contribution is 7.99. The van der Waals surface area contributed by atoms with Crippen LogP contribution in [0.25, 0.3) is 0 Å². The molecule has 128 valence electrons. The van der Waals surface area contributed by atoms with Crippen molar-refractivity contribution >= 4 is 17.7 Å². The zero-order valence-electron chi connectivity index (χ0n) is 14.0. The Morgan fingerprint density at radius 3 is 2.87 bits per heavy atom. The van der Waals surface area contributed by atoms with Gasteiger partial charge in [0.25, 0.3) is 0 Å². The number of hydrogen-bond donors (Lipinski definition) is 1. The number of carbonyl (C=O) groups is 1. The first-order valence-electron chi connectivity index (χ1n) is 8.42. The van der Waals surface area contributed by atoms with Gasteiger partial charge in [-0.15, -0.1) is 11.8 Å². The summed E-state index contributed by atoms with van der Waals surface area (Å²) >= 11 is 1.70. The van der Waals surface area contributed by atoms with E-state index in [2.05, 4.69) is 31.2 Å². The summed E-state index contributed by atoms with van der Waals surface area (Å²) in [5, 5.41) is 0. The summed E-state index contributed by atoms with van der Waals surface area (Å²) in [5.74, 6) is 1.71. The van der Waals surface area contributed by atoms with E-state index in [-0.39, 0.29) is 5.91 Å². The third-order valence-corrected chi connectivity index (χ3v) is 5.06. The fraction of sp³-hybridized carbons (Fsp3) is 0.611. The normalized spacial score (nSPS) is 15.8. The van der Waals surface area contributed by atoms with E-state index < -0.39 is 0 Å². The van der Waals surface area contributed by atoms with E-state index in [1.165, 1.54) is 11.1 Å². The molecule has 1 aliphatic rings. The molecule has 1 aliphatic heterocycles. The molecular weight excluding hydrogens is 308 g/mol. The van der Waals surface area contributed by atoms with E-state index in [1.54, 1.807) is 11.8 Å². The highest BCUT2D eigenvalue weighted by Gasteiger charge is 2.22. The average Bonchev–Trinajstić information content (AvgIpc) is 2.56. The second kappa shape index (κ2) is 9.96. The average molecular weight is 337 g/mol. The van der Waals surface area contributed by atoms with E-state index in [1.807, 2.05) is 4.90 Å². The van der Waals surface area contributed by atoms with Crippen molar-refractivity contribution in [1.82, 2.24) is 4.90 Å². The topological polar surface area (TPSA) is 55.6 Å². The van der Waals surface area contributed by atoms with Crippen LogP contribution in [0.5, 0.6) is 0 Å². The number of benzene rings is 1. The zero-order chi connectivity index (χ0) is 16.5. The fourth-order valence-corrected chi connectivity index (χ4v) is 3.63. The van der Waals surface area contributed by atoms with Crippen LogP contribution in [-0.4, -0.2) is 48.9 Å². The monoisotopic (exact) mass is 336 g/mol. The first-order chi connectivity index (χ1) is 11.2. The number of amides is 1. The van der Waals surface area contributed by atoms with Gasteiger partial charge in [-0.1, -0.05) is 29.8 Å². The molecule has 1 amide bonds. The van der Waals surface area contributed by atoms with E-state index in [0.717, 1.165) is 44.7 Å². The molecule has 1 aromatic rings. The molecule has 0 atom stereocenters. The molecule has 0 bridgehead atoms. The minimum absolute atomic E-state index is 0.253. The Labute approximate surface area is 143 Å². The van der Waals surface area contributed by atoms with Crippen LogP contribution in [0, 0.1) is 6.92 Å². The van der Waals surface area contributed by atoms with Crippen LogP contribution < -0.4 is 5.73 Å². The first kappa shape index (κ1) is 18.3. The lowest BCUT2D eigenvalue weighted by Gasteiger charge is -2.32. The highest BCUT2D eigenvalue weighted by atomic mass is 32.2. The molecule has 1 fully saturated rings. The Balaban J connectivity index is 1.63. The largest absolute Gasteiger partial charge is 0.378 e. The Morgan fingerprint density at radius 2 is 2.17 bits per heavy atom. The number of thioether (sulfide) groups is 1. The Hall–Kier alpha value is -1.04. The van der Waals surface area contributed by atoms with Gasteiger partial charge in [0.05, 0.1) is 11.9 Å². The molecule has 0 spiro atoms. The molecule has 5 heteroatoms. The van der Waals surface area contributed by atoms with Gasteiger partial charge in [-0.2, -0.15) is 0 Å². The van der Waals surface area contributed by atoms with Gasteiger partial charge < -0.3 is 15.4 Å². The number of aryl methyl sites for hydroxylation is 1. The van der Waals surface area contributed by atoms with E-state index in [0.29, 0.717) is 18.4 Å². The van der Waals surface area contributed by atoms with E-state index in [4.69, 9.17) is 10.5 Å². The molecule has 1 aromatic carbocycles. The number of nitrogens with two attached hydrogens (primary N) is 1. The Morgan fingerprint density at radius 1 is 1.39 bits per heavy atom. The lowest BCUT2D eigenvalue weighted by atomic mass is 10.1. The molecule has 4 nitrogen and oxygen atoms in total. The molecular formula is C18H28N2O2S. The molecule has 0 saturated carbocycles. The van der Waals surface area contributed by atoms with Crippen molar-refractivity contribution < 1.29 is 9.53 Å². The third kappa shape index (κ3) is 6.53. The van der Waals surface area contributed by atoms with E-state index in [9.17, 15) is 4.79 Å². The van der Waals surface area contributed by atoms with Crippen molar-refractivity contribution in [2.24, 2.45) is 5.73 Å². The van der Waals surface area contributed by atoms with Crippen molar-refractivity contribution in [3.8, 4) is 0 Å². The maximum Gasteiger partial charge on any atom is 0.232 e. The van der Waals surface area contributed by atoms with Crippen LogP contribution in [0.4, 0.5) is 0 Å². The standard InChI is InChI=1S/C18H28N2O2S/c1-15-4-2-5-16(12-15)13-23-14-18(21)20-9-6-17(7-10-20)22-11-3-8-19/h2,4-5,12,17H,3,6-11,13-14,19H2,1H3. The number of nitrogens with zero attached hydrogens (tertiary/aromatic N) is 1. The van der Waals surface area contributed by atoms with Crippen LogP contribution in [0.1, 0.15) is 30.4 Å². The number of rotatable bonds is 8. The molecule has 0 aliphatic carbocycles. The van der Waals surface area contributed by atoms with Gasteiger partial charge >= 0.3 is 0 Å². The van der Waals surface area contributed by atoms with Crippen molar-refractivity contribution in [2.45, 2.75) is 38.0 Å². The number of piperidine rings is 1. The van der Waals surface area contributed by atoms with Crippen molar-refractivity contribution in [3.05, 3.63) is 35.4 Å². The number of carbonyl (C=O) groups excluding carboxylic acids is 1. The summed E-state index contributed by atoms with van der Waals surface area (Å²) in [6.07, 6.45) is 3.09. The molecule has 1 saturated heterocycles. The molecule has 0 radical (unpaired) electrons. The van der Waals surface area contributed by atoms with Crippen LogP contribution in [0.3, 0.4) is 0 Å². The van der Waals surface area contributed by atoms with Gasteiger partial charge in [0.2, 0.25) is 5.91 Å². The van der Waals surface area contributed by atoms with Gasteiger partial charge in [0.1, 0.15) is 0 Å². The molecule has 0 aromatic heterocycles. The highest BCUT2D eigenvalue weighted by Crippen LogP contribution is 2.17. The van der Waals surface area contributed by atoms with Gasteiger partial charge in [-0.05, 0) is 38.3 Å². The summed E-state index contributed by atoms with van der Waals surface area (Å²) in [7, 11) is 0. The molecule has 2 N–H and O–H groups in total. The minimum atomic E-state index is 0.253. The minimum Gasteiger partial charge on any atom is -0.378 e. The van der Waals surface area contributed by atoms with Crippen LogP contribution >= 0.6 is 11.8 Å². The second-order valence-corrected chi connectivity index (χ2v) is 7.06. The number of hydrogen-bond acceptors (Lipinski definition) is 4. The quantitative estimate of drug-likeness (QED) is 0.741. The maximum atomic E-state index is 12.3. The van der Waals surface area contributed by atoms with Crippen LogP contribution in [0.2, 0.25) is 0 Å². The second-order valence-electron chi connectivity index (χ2n) is 6.08. The van der Waals surface area contributed by atoms with Gasteiger partial charge in [-0.25, -0.2) is 0 Å². The summed E-state index contributed by atoms with van der Waals surface area (Å²) in [4.78, 5) is 14.2. The summed E-state index contributed by atoms with van der Waals surface area (Å²) in [6, 6.07) is 8.47. The first-order valence-corrected chi connectivity index (χ1v) is 9.57. The fourth-order valence-electron chi connectivity index (χ4n) is 2.75. The Kier molecular flexibility index (Phi) is 7.92. The smallest absolute Gasteiger partial charge is 0.232 e. The third-order valence-electron chi connectivity index (χ3n) is 4.07. The van der Waals surface area contributed by atoms with Crippen LogP contribution in [0.15, 0.2) is 24.3 Å². The van der Waals surface area contributed by atoms with E-state index >= 15 is 0 Å². The lowest BCUT2D eigenvalue weighted by molar-refractivity contribution is -0.130. The number of ether oxygens (including phenoxy) is 1. The Bertz CT molecular complexity index is 488. The molecule has 23 heavy (non-hydrogen) atoms. The summed E-state index contributed by atoms with van der Waals surface area (Å²) in [6.45, 7) is 5.14. The van der Waals surface area contributed by atoms with Crippen LogP contribution in [-0.2, 0) is 15.3 Å². The van der Waals surface area contributed by atoms with Gasteiger partial charge in [-0.3, -0.25) is 4.79 Å². The lowest BCUT2D eigenvalue weighted by Crippen LogP contribution is -2.41. The van der Waals surface area contributed by atoms with Crippen molar-refractivity contribution in [1.29, 1.82) is 0 Å².